The summed E-state index contributed by atoms with van der Waals surface area (Å²) in [6.45, 7) is 7.27. The van der Waals surface area contributed by atoms with E-state index in [9.17, 15) is 0 Å². The van der Waals surface area contributed by atoms with Gasteiger partial charge in [-0.25, -0.2) is 0 Å². The van der Waals surface area contributed by atoms with E-state index >= 15 is 0 Å². The number of hydrogen-bond donors (Lipinski definition) is 1. The van der Waals surface area contributed by atoms with Crippen molar-refractivity contribution in [3.8, 4) is 0 Å². The summed E-state index contributed by atoms with van der Waals surface area (Å²) in [4.78, 5) is 0. The molecule has 0 spiro atoms. The largest absolute Gasteiger partial charge is 0.385 e. The normalized spacial score (nSPS) is 13.5. The third-order valence-electron chi connectivity index (χ3n) is 2.20. The Morgan fingerprint density at radius 2 is 2.00 bits per heavy atom. The third kappa shape index (κ3) is 2.48. The van der Waals surface area contributed by atoms with Crippen molar-refractivity contribution >= 4 is 5.69 Å². The standard InChI is InChI=1S/C10H13N.C2H6/c1-8-4-5-9-3-2-6-11-10(9)7-8;1-2/h4-5,7,11H,2-3,6H2,1H3;1-2H3. The van der Waals surface area contributed by atoms with Crippen molar-refractivity contribution in [2.45, 2.75) is 33.6 Å². The first-order valence-electron chi connectivity index (χ1n) is 5.20. The van der Waals surface area contributed by atoms with Crippen LogP contribution in [0.4, 0.5) is 5.69 Å². The van der Waals surface area contributed by atoms with E-state index < -0.39 is 0 Å². The zero-order valence-electron chi connectivity index (χ0n) is 8.85. The molecule has 0 fully saturated rings. The minimum atomic E-state index is 1.14. The Kier molecular flexibility index (Phi) is 3.81. The fourth-order valence-corrected chi connectivity index (χ4v) is 1.57. The number of nitrogens with one attached hydrogen (secondary N) is 1. The highest BCUT2D eigenvalue weighted by Crippen LogP contribution is 2.22. The third-order valence-corrected chi connectivity index (χ3v) is 2.20. The van der Waals surface area contributed by atoms with Crippen LogP contribution in [-0.2, 0) is 6.42 Å². The lowest BCUT2D eigenvalue weighted by atomic mass is 10.0. The minimum absolute atomic E-state index is 1.14. The van der Waals surface area contributed by atoms with E-state index in [0.29, 0.717) is 0 Å². The molecule has 0 aliphatic carbocycles. The minimum Gasteiger partial charge on any atom is -0.385 e. The van der Waals surface area contributed by atoms with Gasteiger partial charge in [0.15, 0.2) is 0 Å². The molecule has 72 valence electrons. The van der Waals surface area contributed by atoms with Crippen LogP contribution in [0.1, 0.15) is 31.4 Å². The monoisotopic (exact) mass is 177 g/mol. The van der Waals surface area contributed by atoms with Crippen molar-refractivity contribution in [1.82, 2.24) is 0 Å². The van der Waals surface area contributed by atoms with E-state index in [1.807, 2.05) is 13.8 Å². The number of fused-ring (bicyclic) bond motifs is 1. The second kappa shape index (κ2) is 4.90. The van der Waals surface area contributed by atoms with Gasteiger partial charge in [0.2, 0.25) is 0 Å². The summed E-state index contributed by atoms with van der Waals surface area (Å²) in [7, 11) is 0. The van der Waals surface area contributed by atoms with Gasteiger partial charge in [-0.15, -0.1) is 0 Å². The quantitative estimate of drug-likeness (QED) is 0.640. The predicted molar refractivity (Wildman–Crippen MR) is 59.3 cm³/mol. The van der Waals surface area contributed by atoms with Gasteiger partial charge in [-0.2, -0.15) is 0 Å². The molecule has 1 aliphatic heterocycles. The van der Waals surface area contributed by atoms with Gasteiger partial charge in [-0.05, 0) is 37.0 Å². The molecule has 0 saturated carbocycles. The molecule has 0 amide bonds. The van der Waals surface area contributed by atoms with Gasteiger partial charge in [0.25, 0.3) is 0 Å². The number of benzene rings is 1. The molecule has 0 unspecified atom stereocenters. The smallest absolute Gasteiger partial charge is 0.0375 e. The molecule has 1 nitrogen and oxygen atoms in total. The van der Waals surface area contributed by atoms with Crippen molar-refractivity contribution in [3.63, 3.8) is 0 Å². The molecule has 1 aliphatic rings. The summed E-state index contributed by atoms with van der Waals surface area (Å²) in [5.74, 6) is 0. The molecular weight excluding hydrogens is 158 g/mol. The number of rotatable bonds is 0. The zero-order valence-corrected chi connectivity index (χ0v) is 8.85. The van der Waals surface area contributed by atoms with Crippen LogP contribution in [-0.4, -0.2) is 6.54 Å². The lowest BCUT2D eigenvalue weighted by Crippen LogP contribution is -2.11. The second-order valence-electron chi connectivity index (χ2n) is 3.19. The first-order chi connectivity index (χ1) is 6.36. The molecule has 1 heteroatoms. The maximum Gasteiger partial charge on any atom is 0.0375 e. The molecule has 0 atom stereocenters. The molecule has 1 aromatic rings. The molecule has 2 rings (SSSR count). The van der Waals surface area contributed by atoms with Crippen LogP contribution >= 0.6 is 0 Å². The van der Waals surface area contributed by atoms with E-state index in [1.54, 1.807) is 0 Å². The van der Waals surface area contributed by atoms with E-state index in [0.717, 1.165) is 6.54 Å². The van der Waals surface area contributed by atoms with Gasteiger partial charge in [-0.1, -0.05) is 26.0 Å². The summed E-state index contributed by atoms with van der Waals surface area (Å²) >= 11 is 0. The van der Waals surface area contributed by atoms with Gasteiger partial charge >= 0.3 is 0 Å². The summed E-state index contributed by atoms with van der Waals surface area (Å²) in [6.07, 6.45) is 2.51. The van der Waals surface area contributed by atoms with Crippen LogP contribution in [0, 0.1) is 6.92 Å². The maximum atomic E-state index is 3.40. The molecule has 1 N–H and O–H groups in total. The molecular formula is C12H19N. The summed E-state index contributed by atoms with van der Waals surface area (Å²) in [6, 6.07) is 6.65. The fraction of sp³-hybridized carbons (Fsp3) is 0.500. The summed E-state index contributed by atoms with van der Waals surface area (Å²) in [5.41, 5.74) is 4.16. The molecule has 0 aromatic heterocycles. The molecule has 0 radical (unpaired) electrons. The Morgan fingerprint density at radius 1 is 1.23 bits per heavy atom. The molecule has 13 heavy (non-hydrogen) atoms. The Hall–Kier alpha value is -0.980. The summed E-state index contributed by atoms with van der Waals surface area (Å²) < 4.78 is 0. The Balaban J connectivity index is 0.000000396. The van der Waals surface area contributed by atoms with Crippen molar-refractivity contribution < 1.29 is 0 Å². The average Bonchev–Trinajstić information content (AvgIpc) is 2.21. The van der Waals surface area contributed by atoms with Crippen molar-refractivity contribution in [3.05, 3.63) is 29.3 Å². The van der Waals surface area contributed by atoms with E-state index in [4.69, 9.17) is 0 Å². The summed E-state index contributed by atoms with van der Waals surface area (Å²) in [5, 5.41) is 3.40. The highest BCUT2D eigenvalue weighted by molar-refractivity contribution is 5.54. The maximum absolute atomic E-state index is 3.40. The number of anilines is 1. The molecule has 0 saturated heterocycles. The lowest BCUT2D eigenvalue weighted by molar-refractivity contribution is 0.829. The Bertz CT molecular complexity index is 266. The highest BCUT2D eigenvalue weighted by atomic mass is 14.9. The zero-order chi connectivity index (χ0) is 9.68. The second-order valence-corrected chi connectivity index (χ2v) is 3.19. The molecule has 0 bridgehead atoms. The first-order valence-corrected chi connectivity index (χ1v) is 5.20. The fourth-order valence-electron chi connectivity index (χ4n) is 1.57. The van der Waals surface area contributed by atoms with E-state index in [2.05, 4.69) is 30.4 Å². The van der Waals surface area contributed by atoms with Crippen LogP contribution in [0.25, 0.3) is 0 Å². The van der Waals surface area contributed by atoms with Crippen LogP contribution in [0.2, 0.25) is 0 Å². The number of hydrogen-bond acceptors (Lipinski definition) is 1. The van der Waals surface area contributed by atoms with Crippen molar-refractivity contribution in [1.29, 1.82) is 0 Å². The van der Waals surface area contributed by atoms with Crippen LogP contribution in [0.5, 0.6) is 0 Å². The van der Waals surface area contributed by atoms with Gasteiger partial charge < -0.3 is 5.32 Å². The van der Waals surface area contributed by atoms with Crippen molar-refractivity contribution in [2.75, 3.05) is 11.9 Å². The first kappa shape index (κ1) is 10.1. The molecule has 1 aromatic carbocycles. The topological polar surface area (TPSA) is 12.0 Å². The number of aryl methyl sites for hydroxylation is 2. The van der Waals surface area contributed by atoms with Gasteiger partial charge in [-0.3, -0.25) is 0 Å². The Labute approximate surface area is 81.2 Å². The van der Waals surface area contributed by atoms with Gasteiger partial charge in [0.1, 0.15) is 0 Å². The van der Waals surface area contributed by atoms with Gasteiger partial charge in [0, 0.05) is 12.2 Å². The van der Waals surface area contributed by atoms with Crippen LogP contribution in [0.15, 0.2) is 18.2 Å². The van der Waals surface area contributed by atoms with E-state index in [1.165, 1.54) is 29.7 Å². The molecule has 1 heterocycles. The SMILES string of the molecule is CC.Cc1ccc2c(c1)NCCC2. The van der Waals surface area contributed by atoms with Crippen LogP contribution in [0.3, 0.4) is 0 Å². The van der Waals surface area contributed by atoms with Crippen LogP contribution < -0.4 is 5.32 Å². The Morgan fingerprint density at radius 3 is 2.77 bits per heavy atom. The van der Waals surface area contributed by atoms with Gasteiger partial charge in [0.05, 0.1) is 0 Å². The predicted octanol–water partition coefficient (Wildman–Crippen LogP) is 3.38. The lowest BCUT2D eigenvalue weighted by Gasteiger charge is -2.17. The average molecular weight is 177 g/mol. The van der Waals surface area contributed by atoms with E-state index in [-0.39, 0.29) is 0 Å². The van der Waals surface area contributed by atoms with Crippen molar-refractivity contribution in [2.24, 2.45) is 0 Å². The highest BCUT2D eigenvalue weighted by Gasteiger charge is 2.06.